The molecule has 84 valence electrons. The van der Waals surface area contributed by atoms with Gasteiger partial charge in [0.05, 0.1) is 6.20 Å². The van der Waals surface area contributed by atoms with E-state index >= 15 is 0 Å². The van der Waals surface area contributed by atoms with Gasteiger partial charge in [0, 0.05) is 12.6 Å². The van der Waals surface area contributed by atoms with Gasteiger partial charge in [-0.15, -0.1) is 0 Å². The van der Waals surface area contributed by atoms with Crippen molar-refractivity contribution in [3.8, 4) is 17.5 Å². The van der Waals surface area contributed by atoms with Gasteiger partial charge in [-0.2, -0.15) is 0 Å². The van der Waals surface area contributed by atoms with Crippen LogP contribution in [0.3, 0.4) is 0 Å². The molecule has 0 radical (unpaired) electrons. The fraction of sp³-hybridized carbons (Fsp3) is 0.182. The van der Waals surface area contributed by atoms with Crippen molar-refractivity contribution >= 4 is 15.9 Å². The van der Waals surface area contributed by atoms with Crippen LogP contribution < -0.4 is 4.74 Å². The number of benzene rings is 1. The number of halogens is 1. The summed E-state index contributed by atoms with van der Waals surface area (Å²) in [4.78, 5) is 4.12. The van der Waals surface area contributed by atoms with E-state index in [1.807, 2.05) is 11.5 Å². The van der Waals surface area contributed by atoms with Crippen molar-refractivity contribution in [1.82, 2.24) is 9.55 Å². The van der Waals surface area contributed by atoms with Gasteiger partial charge in [-0.3, -0.25) is 4.57 Å². The Morgan fingerprint density at radius 2 is 2.31 bits per heavy atom. The van der Waals surface area contributed by atoms with Crippen molar-refractivity contribution in [2.24, 2.45) is 0 Å². The van der Waals surface area contributed by atoms with Crippen LogP contribution in [-0.4, -0.2) is 14.7 Å². The third kappa shape index (κ3) is 2.19. The van der Waals surface area contributed by atoms with Crippen LogP contribution in [0.15, 0.2) is 35.1 Å². The summed E-state index contributed by atoms with van der Waals surface area (Å²) >= 11 is 3.38. The van der Waals surface area contributed by atoms with E-state index in [0.29, 0.717) is 11.8 Å². The summed E-state index contributed by atoms with van der Waals surface area (Å²) in [6.45, 7) is 2.76. The summed E-state index contributed by atoms with van der Waals surface area (Å²) in [5.74, 6) is 0.735. The zero-order chi connectivity index (χ0) is 11.5. The Balaban J connectivity index is 2.27. The molecule has 4 nitrogen and oxygen atoms in total. The first-order valence-corrected chi connectivity index (χ1v) is 5.68. The molecule has 0 saturated heterocycles. The molecule has 2 aromatic rings. The number of ether oxygens (including phenoxy) is 1. The van der Waals surface area contributed by atoms with Gasteiger partial charge in [-0.25, -0.2) is 4.98 Å². The molecule has 1 aromatic heterocycles. The van der Waals surface area contributed by atoms with E-state index in [0.717, 1.165) is 11.1 Å². The van der Waals surface area contributed by atoms with Crippen LogP contribution >= 0.6 is 15.9 Å². The minimum absolute atomic E-state index is 0.172. The van der Waals surface area contributed by atoms with E-state index in [2.05, 4.69) is 20.9 Å². The van der Waals surface area contributed by atoms with Crippen molar-refractivity contribution in [3.63, 3.8) is 0 Å². The highest BCUT2D eigenvalue weighted by Gasteiger charge is 2.08. The zero-order valence-electron chi connectivity index (χ0n) is 8.72. The number of nitrogens with zero attached hydrogens (tertiary/aromatic N) is 2. The molecule has 16 heavy (non-hydrogen) atoms. The molecule has 0 saturated carbocycles. The second kappa shape index (κ2) is 4.57. The van der Waals surface area contributed by atoms with Crippen LogP contribution in [0.2, 0.25) is 0 Å². The first kappa shape index (κ1) is 11.0. The number of hydrogen-bond acceptors (Lipinski definition) is 3. The van der Waals surface area contributed by atoms with Crippen LogP contribution in [0.1, 0.15) is 6.92 Å². The van der Waals surface area contributed by atoms with Gasteiger partial charge < -0.3 is 9.84 Å². The summed E-state index contributed by atoms with van der Waals surface area (Å²) in [5.41, 5.74) is 0. The lowest BCUT2D eigenvalue weighted by molar-refractivity contribution is 0.407. The number of aromatic hydroxyl groups is 1. The number of phenolic OH excluding ortho intramolecular Hbond substituents is 1. The highest BCUT2D eigenvalue weighted by atomic mass is 79.9. The average molecular weight is 283 g/mol. The molecule has 0 amide bonds. The number of imidazole rings is 1. The molecule has 2 rings (SSSR count). The molecule has 0 spiro atoms. The van der Waals surface area contributed by atoms with Crippen LogP contribution in [0.5, 0.6) is 17.5 Å². The number of phenols is 1. The molecule has 0 aliphatic carbocycles. The van der Waals surface area contributed by atoms with E-state index in [1.54, 1.807) is 30.5 Å². The molecular weight excluding hydrogens is 272 g/mol. The fourth-order valence-electron chi connectivity index (χ4n) is 1.36. The van der Waals surface area contributed by atoms with Crippen molar-refractivity contribution < 1.29 is 9.84 Å². The molecule has 0 bridgehead atoms. The zero-order valence-corrected chi connectivity index (χ0v) is 10.3. The van der Waals surface area contributed by atoms with Gasteiger partial charge in [0.1, 0.15) is 16.1 Å². The average Bonchev–Trinajstić information content (AvgIpc) is 2.59. The van der Waals surface area contributed by atoms with Gasteiger partial charge in [-0.1, -0.05) is 6.07 Å². The maximum Gasteiger partial charge on any atom is 0.302 e. The molecule has 5 heteroatoms. The Morgan fingerprint density at radius 1 is 1.50 bits per heavy atom. The fourth-order valence-corrected chi connectivity index (χ4v) is 1.86. The van der Waals surface area contributed by atoms with Gasteiger partial charge in [0.15, 0.2) is 0 Å². The lowest BCUT2D eigenvalue weighted by Crippen LogP contribution is -1.98. The summed E-state index contributed by atoms with van der Waals surface area (Å²) in [5, 5.41) is 9.31. The highest BCUT2D eigenvalue weighted by Crippen LogP contribution is 2.26. The lowest BCUT2D eigenvalue weighted by Gasteiger charge is -2.07. The molecule has 0 unspecified atom stereocenters. The molecule has 0 aliphatic rings. The monoisotopic (exact) mass is 282 g/mol. The second-order valence-corrected chi connectivity index (χ2v) is 4.02. The summed E-state index contributed by atoms with van der Waals surface area (Å²) < 4.78 is 8.31. The third-order valence-corrected chi connectivity index (χ3v) is 2.75. The topological polar surface area (TPSA) is 47.3 Å². The first-order valence-electron chi connectivity index (χ1n) is 4.88. The first-order chi connectivity index (χ1) is 7.70. The lowest BCUT2D eigenvalue weighted by atomic mass is 10.3. The van der Waals surface area contributed by atoms with E-state index in [4.69, 9.17) is 4.74 Å². The molecule has 0 aliphatic heterocycles. The van der Waals surface area contributed by atoms with Crippen molar-refractivity contribution in [2.75, 3.05) is 0 Å². The van der Waals surface area contributed by atoms with Crippen molar-refractivity contribution in [3.05, 3.63) is 35.1 Å². The van der Waals surface area contributed by atoms with Crippen molar-refractivity contribution in [1.29, 1.82) is 0 Å². The second-order valence-electron chi connectivity index (χ2n) is 3.21. The SMILES string of the molecule is CCn1c(Br)cnc1Oc1cccc(O)c1. The predicted octanol–water partition coefficient (Wildman–Crippen LogP) is 3.16. The molecule has 1 aromatic carbocycles. The Bertz CT molecular complexity index is 496. The van der Waals surface area contributed by atoms with Crippen LogP contribution in [0.4, 0.5) is 0 Å². The number of aromatic nitrogens is 2. The highest BCUT2D eigenvalue weighted by molar-refractivity contribution is 9.10. The minimum atomic E-state index is 0.172. The Kier molecular flexibility index (Phi) is 3.14. The molecule has 0 fully saturated rings. The maximum atomic E-state index is 9.31. The van der Waals surface area contributed by atoms with E-state index in [9.17, 15) is 5.11 Å². The third-order valence-electron chi connectivity index (χ3n) is 2.11. The Labute approximate surface area is 102 Å². The quantitative estimate of drug-likeness (QED) is 0.941. The standard InChI is InChI=1S/C11H11BrN2O2/c1-2-14-10(12)7-13-11(14)16-9-5-3-4-8(15)6-9/h3-7,15H,2H2,1H3. The summed E-state index contributed by atoms with van der Waals surface area (Å²) in [7, 11) is 0. The summed E-state index contributed by atoms with van der Waals surface area (Å²) in [6, 6.07) is 7.12. The number of hydrogen-bond donors (Lipinski definition) is 1. The molecule has 1 heterocycles. The smallest absolute Gasteiger partial charge is 0.302 e. The largest absolute Gasteiger partial charge is 0.508 e. The normalized spacial score (nSPS) is 10.4. The van der Waals surface area contributed by atoms with Crippen LogP contribution in [-0.2, 0) is 6.54 Å². The Morgan fingerprint density at radius 3 is 3.00 bits per heavy atom. The van der Waals surface area contributed by atoms with E-state index in [1.165, 1.54) is 0 Å². The van der Waals surface area contributed by atoms with Gasteiger partial charge in [0.25, 0.3) is 0 Å². The van der Waals surface area contributed by atoms with Gasteiger partial charge in [0.2, 0.25) is 0 Å². The van der Waals surface area contributed by atoms with Gasteiger partial charge in [-0.05, 0) is 35.0 Å². The molecular formula is C11H11BrN2O2. The van der Waals surface area contributed by atoms with E-state index in [-0.39, 0.29) is 5.75 Å². The molecule has 1 N–H and O–H groups in total. The maximum absolute atomic E-state index is 9.31. The van der Waals surface area contributed by atoms with E-state index < -0.39 is 0 Å². The molecule has 0 atom stereocenters. The predicted molar refractivity (Wildman–Crippen MR) is 63.8 cm³/mol. The summed E-state index contributed by atoms with van der Waals surface area (Å²) in [6.07, 6.45) is 1.68. The van der Waals surface area contributed by atoms with Crippen LogP contribution in [0.25, 0.3) is 0 Å². The van der Waals surface area contributed by atoms with Crippen molar-refractivity contribution in [2.45, 2.75) is 13.5 Å². The minimum Gasteiger partial charge on any atom is -0.508 e. The van der Waals surface area contributed by atoms with Crippen LogP contribution in [0, 0.1) is 0 Å². The van der Waals surface area contributed by atoms with Gasteiger partial charge >= 0.3 is 6.01 Å². The Hall–Kier alpha value is -1.49. The number of rotatable bonds is 3.